The molecule has 2 aromatic carbocycles. The van der Waals surface area contributed by atoms with Crippen LogP contribution in [-0.2, 0) is 4.79 Å². The van der Waals surface area contributed by atoms with E-state index < -0.39 is 0 Å². The van der Waals surface area contributed by atoms with E-state index in [4.69, 9.17) is 0 Å². The van der Waals surface area contributed by atoms with Crippen molar-refractivity contribution in [3.63, 3.8) is 0 Å². The molecule has 150 valence electrons. The van der Waals surface area contributed by atoms with Crippen LogP contribution in [0.4, 0.5) is 28.8 Å². The van der Waals surface area contributed by atoms with E-state index in [1.165, 1.54) is 6.92 Å². The van der Waals surface area contributed by atoms with Crippen molar-refractivity contribution in [1.29, 1.82) is 0 Å². The van der Waals surface area contributed by atoms with E-state index in [1.54, 1.807) is 18.7 Å². The summed E-state index contributed by atoms with van der Waals surface area (Å²) >= 11 is 0. The Morgan fingerprint density at radius 2 is 1.60 bits per heavy atom. The molecule has 0 atom stereocenters. The summed E-state index contributed by atoms with van der Waals surface area (Å²) in [6, 6.07) is 15.4. The van der Waals surface area contributed by atoms with Gasteiger partial charge in [0.2, 0.25) is 11.9 Å². The van der Waals surface area contributed by atoms with E-state index in [0.717, 1.165) is 28.3 Å². The average molecular weight is 399 g/mol. The first kappa shape index (κ1) is 19.1. The summed E-state index contributed by atoms with van der Waals surface area (Å²) < 4.78 is 1.94. The lowest BCUT2D eigenvalue weighted by atomic mass is 10.2. The lowest BCUT2D eigenvalue weighted by Gasteiger charge is -2.12. The van der Waals surface area contributed by atoms with Crippen LogP contribution in [0.15, 0.2) is 73.4 Å². The molecule has 0 unspecified atom stereocenters. The maximum Gasteiger partial charge on any atom is 0.229 e. The van der Waals surface area contributed by atoms with Crippen molar-refractivity contribution in [2.24, 2.45) is 0 Å². The Balaban J connectivity index is 1.47. The first-order valence-electron chi connectivity index (χ1n) is 9.40. The molecule has 0 aliphatic heterocycles. The number of amides is 1. The summed E-state index contributed by atoms with van der Waals surface area (Å²) in [6.07, 6.45) is 7.16. The molecule has 0 radical (unpaired) electrons. The Kier molecular flexibility index (Phi) is 5.38. The van der Waals surface area contributed by atoms with Gasteiger partial charge in [0.15, 0.2) is 0 Å². The molecule has 0 saturated heterocycles. The van der Waals surface area contributed by atoms with Gasteiger partial charge in [-0.3, -0.25) is 4.79 Å². The molecule has 1 amide bonds. The number of carbonyl (C=O) groups excluding carboxylic acids is 1. The fraction of sp³-hybridized carbons (Fsp3) is 0.0909. The number of rotatable bonds is 6. The second kappa shape index (κ2) is 8.44. The van der Waals surface area contributed by atoms with Gasteiger partial charge >= 0.3 is 0 Å². The van der Waals surface area contributed by atoms with Gasteiger partial charge in [-0.2, -0.15) is 4.98 Å². The molecule has 0 bridgehead atoms. The van der Waals surface area contributed by atoms with Crippen LogP contribution in [0.3, 0.4) is 0 Å². The molecule has 0 fully saturated rings. The molecule has 0 aliphatic rings. The van der Waals surface area contributed by atoms with Crippen molar-refractivity contribution in [3.05, 3.63) is 79.0 Å². The topological polar surface area (TPSA) is 96.8 Å². The van der Waals surface area contributed by atoms with Crippen molar-refractivity contribution in [1.82, 2.24) is 19.5 Å². The van der Waals surface area contributed by atoms with Gasteiger partial charge in [0, 0.05) is 53.8 Å². The Morgan fingerprint density at radius 3 is 2.27 bits per heavy atom. The van der Waals surface area contributed by atoms with E-state index in [9.17, 15) is 4.79 Å². The third-order valence-corrected chi connectivity index (χ3v) is 4.37. The van der Waals surface area contributed by atoms with Gasteiger partial charge in [-0.1, -0.05) is 0 Å². The summed E-state index contributed by atoms with van der Waals surface area (Å²) in [5, 5.41) is 9.27. The van der Waals surface area contributed by atoms with Crippen LogP contribution in [0.1, 0.15) is 12.5 Å². The molecule has 0 spiro atoms. The second-order valence-corrected chi connectivity index (χ2v) is 6.75. The highest BCUT2D eigenvalue weighted by molar-refractivity contribution is 5.88. The summed E-state index contributed by atoms with van der Waals surface area (Å²) in [5.74, 6) is 1.10. The summed E-state index contributed by atoms with van der Waals surface area (Å²) in [6.45, 7) is 3.42. The zero-order valence-corrected chi connectivity index (χ0v) is 16.6. The SMILES string of the molecule is CC(=O)Nc1ccc(Nc2nc(Nc3ccc(-n4ccnc4)cc3)ncc2C)cc1. The molecule has 4 aromatic rings. The molecule has 0 aliphatic carbocycles. The molecule has 8 heteroatoms. The van der Waals surface area contributed by atoms with Crippen molar-refractivity contribution in [2.75, 3.05) is 16.0 Å². The van der Waals surface area contributed by atoms with Gasteiger partial charge in [-0.15, -0.1) is 0 Å². The third-order valence-electron chi connectivity index (χ3n) is 4.37. The highest BCUT2D eigenvalue weighted by Gasteiger charge is 2.06. The van der Waals surface area contributed by atoms with Crippen LogP contribution < -0.4 is 16.0 Å². The number of hydrogen-bond acceptors (Lipinski definition) is 6. The molecule has 4 rings (SSSR count). The smallest absolute Gasteiger partial charge is 0.229 e. The number of nitrogens with zero attached hydrogens (tertiary/aromatic N) is 4. The molecule has 8 nitrogen and oxygen atoms in total. The first-order chi connectivity index (χ1) is 14.6. The minimum Gasteiger partial charge on any atom is -0.340 e. The standard InChI is InChI=1S/C22H21N7O/c1-15-13-24-22(27-19-7-9-20(10-8-19)29-12-11-23-14-29)28-21(15)26-18-5-3-17(4-6-18)25-16(2)30/h3-14H,1-2H3,(H,25,30)(H2,24,26,27,28). The Labute approximate surface area is 174 Å². The number of carbonyl (C=O) groups is 1. The Morgan fingerprint density at radius 1 is 0.933 bits per heavy atom. The number of anilines is 5. The Bertz CT molecular complexity index is 1140. The number of aryl methyl sites for hydroxylation is 1. The predicted molar refractivity (Wildman–Crippen MR) is 118 cm³/mol. The van der Waals surface area contributed by atoms with Crippen LogP contribution in [-0.4, -0.2) is 25.4 Å². The molecule has 2 heterocycles. The number of benzene rings is 2. The molecular weight excluding hydrogens is 378 g/mol. The van der Waals surface area contributed by atoms with E-state index in [1.807, 2.05) is 66.2 Å². The Hall–Kier alpha value is -4.20. The largest absolute Gasteiger partial charge is 0.340 e. The number of nitrogens with one attached hydrogen (secondary N) is 3. The fourth-order valence-electron chi connectivity index (χ4n) is 2.86. The van der Waals surface area contributed by atoms with Crippen molar-refractivity contribution >= 4 is 34.7 Å². The quantitative estimate of drug-likeness (QED) is 0.444. The predicted octanol–water partition coefficient (Wildman–Crippen LogP) is 4.42. The van der Waals surface area contributed by atoms with Crippen LogP contribution in [0.2, 0.25) is 0 Å². The van der Waals surface area contributed by atoms with Gasteiger partial charge < -0.3 is 20.5 Å². The van der Waals surface area contributed by atoms with Crippen LogP contribution >= 0.6 is 0 Å². The van der Waals surface area contributed by atoms with Gasteiger partial charge in [0.1, 0.15) is 5.82 Å². The van der Waals surface area contributed by atoms with E-state index in [0.29, 0.717) is 11.8 Å². The van der Waals surface area contributed by atoms with Crippen molar-refractivity contribution in [2.45, 2.75) is 13.8 Å². The van der Waals surface area contributed by atoms with E-state index in [-0.39, 0.29) is 5.91 Å². The minimum absolute atomic E-state index is 0.101. The zero-order valence-electron chi connectivity index (χ0n) is 16.6. The number of imidazole rings is 1. The molecule has 30 heavy (non-hydrogen) atoms. The van der Waals surface area contributed by atoms with Crippen LogP contribution in [0.25, 0.3) is 5.69 Å². The number of aromatic nitrogens is 4. The molecule has 3 N–H and O–H groups in total. The minimum atomic E-state index is -0.101. The van der Waals surface area contributed by atoms with Gasteiger partial charge in [0.05, 0.1) is 6.33 Å². The van der Waals surface area contributed by atoms with Crippen LogP contribution in [0, 0.1) is 6.92 Å². The monoisotopic (exact) mass is 399 g/mol. The lowest BCUT2D eigenvalue weighted by molar-refractivity contribution is -0.114. The molecule has 2 aromatic heterocycles. The third kappa shape index (κ3) is 4.61. The maximum absolute atomic E-state index is 11.1. The average Bonchev–Trinajstić information content (AvgIpc) is 3.27. The number of hydrogen-bond donors (Lipinski definition) is 3. The summed E-state index contributed by atoms with van der Waals surface area (Å²) in [7, 11) is 0. The normalized spacial score (nSPS) is 10.5. The molecule has 0 saturated carbocycles. The highest BCUT2D eigenvalue weighted by Crippen LogP contribution is 2.22. The van der Waals surface area contributed by atoms with E-state index in [2.05, 4.69) is 30.9 Å². The van der Waals surface area contributed by atoms with Gasteiger partial charge in [-0.05, 0) is 55.5 Å². The fourth-order valence-corrected chi connectivity index (χ4v) is 2.86. The highest BCUT2D eigenvalue weighted by atomic mass is 16.1. The van der Waals surface area contributed by atoms with Crippen molar-refractivity contribution in [3.8, 4) is 5.69 Å². The summed E-state index contributed by atoms with van der Waals surface area (Å²) in [4.78, 5) is 24.2. The first-order valence-corrected chi connectivity index (χ1v) is 9.40. The lowest BCUT2D eigenvalue weighted by Crippen LogP contribution is -2.06. The summed E-state index contributed by atoms with van der Waals surface area (Å²) in [5.41, 5.74) is 4.43. The van der Waals surface area contributed by atoms with Gasteiger partial charge in [-0.25, -0.2) is 9.97 Å². The second-order valence-electron chi connectivity index (χ2n) is 6.75. The van der Waals surface area contributed by atoms with Gasteiger partial charge in [0.25, 0.3) is 0 Å². The molecular formula is C22H21N7O. The maximum atomic E-state index is 11.1. The van der Waals surface area contributed by atoms with Crippen LogP contribution in [0.5, 0.6) is 0 Å². The van der Waals surface area contributed by atoms with Crippen molar-refractivity contribution < 1.29 is 4.79 Å². The zero-order chi connectivity index (χ0) is 20.9. The van der Waals surface area contributed by atoms with E-state index >= 15 is 0 Å².